The van der Waals surface area contributed by atoms with Crippen LogP contribution in [0, 0.1) is 0 Å². The van der Waals surface area contributed by atoms with E-state index in [2.05, 4.69) is 11.7 Å². The Bertz CT molecular complexity index is 488. The van der Waals surface area contributed by atoms with Crippen LogP contribution < -0.4 is 4.52 Å². The van der Waals surface area contributed by atoms with Gasteiger partial charge >= 0.3 is 5.77 Å². The zero-order valence-electron chi connectivity index (χ0n) is 9.30. The van der Waals surface area contributed by atoms with Gasteiger partial charge in [-0.05, 0) is 35.6 Å². The van der Waals surface area contributed by atoms with Crippen molar-refractivity contribution < 1.29 is 9.09 Å². The predicted molar refractivity (Wildman–Crippen MR) is 83.6 cm³/mol. The van der Waals surface area contributed by atoms with Crippen LogP contribution in [0.1, 0.15) is 0 Å². The summed E-state index contributed by atoms with van der Waals surface area (Å²) in [6.45, 7) is 0. The maximum atomic E-state index is 12.5. The third-order valence-corrected chi connectivity index (χ3v) is 9.98. The molecule has 0 fully saturated rings. The second-order valence-electron chi connectivity index (χ2n) is 3.34. The summed E-state index contributed by atoms with van der Waals surface area (Å²) in [5, 5.41) is 0. The quantitative estimate of drug-likeness (QED) is 0.445. The molecule has 0 heterocycles. The fraction of sp³-hybridized carbons (Fsp3) is 0. The Morgan fingerprint density at radius 3 is 2.06 bits per heavy atom. The Morgan fingerprint density at radius 2 is 1.50 bits per heavy atom. The summed E-state index contributed by atoms with van der Waals surface area (Å²) >= 11 is 5.28. The van der Waals surface area contributed by atoms with Crippen LogP contribution in [0.2, 0.25) is 0 Å². The first kappa shape index (κ1) is 13.9. The zero-order valence-corrected chi connectivity index (χ0v) is 12.7. The minimum atomic E-state index is -2.95. The van der Waals surface area contributed by atoms with Crippen molar-refractivity contribution in [3.8, 4) is 5.75 Å². The molecule has 0 N–H and O–H groups in total. The number of rotatable bonds is 5. The molecule has 0 bridgehead atoms. The molecule has 0 aliphatic carbocycles. The smallest absolute Gasteiger partial charge is 0.374 e. The Morgan fingerprint density at radius 1 is 0.944 bits per heavy atom. The Labute approximate surface area is 119 Å². The van der Waals surface area contributed by atoms with Gasteiger partial charge in [0.15, 0.2) is 0 Å². The van der Waals surface area contributed by atoms with E-state index in [1.54, 1.807) is 12.1 Å². The van der Waals surface area contributed by atoms with Gasteiger partial charge in [0, 0.05) is 15.3 Å². The van der Waals surface area contributed by atoms with Crippen molar-refractivity contribution in [2.45, 2.75) is 4.90 Å². The van der Waals surface area contributed by atoms with Crippen LogP contribution in [0.15, 0.2) is 65.6 Å². The van der Waals surface area contributed by atoms with Crippen LogP contribution in [-0.2, 0) is 4.57 Å². The molecule has 0 saturated carbocycles. The fourth-order valence-corrected chi connectivity index (χ4v) is 6.54. The van der Waals surface area contributed by atoms with Gasteiger partial charge in [-0.3, -0.25) is 4.57 Å². The van der Waals surface area contributed by atoms with Crippen molar-refractivity contribution >= 4 is 39.2 Å². The van der Waals surface area contributed by atoms with E-state index in [-0.39, 0.29) is 0 Å². The highest BCUT2D eigenvalue weighted by Gasteiger charge is 2.26. The van der Waals surface area contributed by atoms with Crippen molar-refractivity contribution in [2.75, 3.05) is 0 Å². The van der Waals surface area contributed by atoms with Gasteiger partial charge in [0.05, 0.1) is 0 Å². The molecule has 1 atom stereocenters. The van der Waals surface area contributed by atoms with Gasteiger partial charge < -0.3 is 4.52 Å². The summed E-state index contributed by atoms with van der Waals surface area (Å²) in [5.74, 6) is -2.36. The van der Waals surface area contributed by atoms with Crippen molar-refractivity contribution in [1.82, 2.24) is 0 Å². The third-order valence-electron chi connectivity index (χ3n) is 2.02. The van der Waals surface area contributed by atoms with Crippen LogP contribution in [0.3, 0.4) is 0 Å². The lowest BCUT2D eigenvalue weighted by Gasteiger charge is -2.15. The lowest BCUT2D eigenvalue weighted by Crippen LogP contribution is -1.84. The van der Waals surface area contributed by atoms with E-state index in [1.165, 1.54) is 11.4 Å². The zero-order chi connectivity index (χ0) is 12.8. The normalized spacial score (nSPS) is 13.8. The number of hydrogen-bond donors (Lipinski definition) is 1. The lowest BCUT2D eigenvalue weighted by molar-refractivity contribution is 0.515. The maximum Gasteiger partial charge on any atom is 0.374 e. The molecule has 0 aromatic heterocycles. The lowest BCUT2D eigenvalue weighted by atomic mass is 10.3. The number of hydrogen-bond acceptors (Lipinski definition) is 5. The first-order chi connectivity index (χ1) is 8.72. The van der Waals surface area contributed by atoms with Crippen LogP contribution in [0.25, 0.3) is 0 Å². The summed E-state index contributed by atoms with van der Waals surface area (Å²) < 4.78 is 18.1. The van der Waals surface area contributed by atoms with Gasteiger partial charge in [-0.15, -0.1) is 0 Å². The van der Waals surface area contributed by atoms with Crippen LogP contribution in [0.5, 0.6) is 5.75 Å². The van der Waals surface area contributed by atoms with E-state index in [4.69, 9.17) is 4.52 Å². The van der Waals surface area contributed by atoms with E-state index >= 15 is 0 Å². The average molecular weight is 314 g/mol. The molecule has 2 nitrogen and oxygen atoms in total. The van der Waals surface area contributed by atoms with E-state index in [9.17, 15) is 4.57 Å². The summed E-state index contributed by atoms with van der Waals surface area (Å²) in [6.07, 6.45) is 0. The second-order valence-corrected chi connectivity index (χ2v) is 11.3. The van der Waals surface area contributed by atoms with Crippen LogP contribution in [-0.4, -0.2) is 0 Å². The molecule has 0 saturated heterocycles. The molecule has 2 rings (SSSR count). The van der Waals surface area contributed by atoms with Gasteiger partial charge in [-0.2, -0.15) is 0 Å². The second kappa shape index (κ2) is 6.62. The van der Waals surface area contributed by atoms with Gasteiger partial charge in [-0.25, -0.2) is 0 Å². The minimum Gasteiger partial charge on any atom is -0.428 e. The van der Waals surface area contributed by atoms with Gasteiger partial charge in [-0.1, -0.05) is 48.1 Å². The highest BCUT2D eigenvalue weighted by atomic mass is 33.4. The van der Waals surface area contributed by atoms with E-state index in [1.807, 2.05) is 48.5 Å². The molecule has 0 radical (unpaired) electrons. The highest BCUT2D eigenvalue weighted by Crippen LogP contribution is 2.72. The fourth-order valence-electron chi connectivity index (χ4n) is 1.27. The molecule has 0 aliphatic heterocycles. The van der Waals surface area contributed by atoms with Gasteiger partial charge in [0.1, 0.15) is 5.75 Å². The number of para-hydroxylation sites is 1. The van der Waals surface area contributed by atoms with Gasteiger partial charge in [0.2, 0.25) is 0 Å². The first-order valence-electron chi connectivity index (χ1n) is 5.14. The Kier molecular flexibility index (Phi) is 5.13. The first-order valence-corrected chi connectivity index (χ1v) is 10.7. The molecular formula is C12H11O2PS3. The third kappa shape index (κ3) is 4.02. The molecule has 0 spiro atoms. The number of benzene rings is 2. The SMILES string of the molecule is O=P(Oc1ccccc1)(SS)Sc1ccccc1. The van der Waals surface area contributed by atoms with E-state index in [0.29, 0.717) is 5.75 Å². The van der Waals surface area contributed by atoms with Gasteiger partial charge in [0.25, 0.3) is 0 Å². The molecule has 0 aliphatic rings. The molecular weight excluding hydrogens is 303 g/mol. The molecule has 18 heavy (non-hydrogen) atoms. The molecule has 1 unspecified atom stereocenters. The summed E-state index contributed by atoms with van der Waals surface area (Å²) in [4.78, 5) is 0.901. The van der Waals surface area contributed by atoms with E-state index < -0.39 is 5.77 Å². The van der Waals surface area contributed by atoms with Crippen molar-refractivity contribution in [2.24, 2.45) is 0 Å². The standard InChI is InChI=1S/C12H11O2PS3/c13-15(18-16,14-11-7-3-1-4-8-11)17-12-9-5-2-6-10-12/h1-10,16H. The summed E-state index contributed by atoms with van der Waals surface area (Å²) in [5.41, 5.74) is 0. The topological polar surface area (TPSA) is 26.3 Å². The Balaban J connectivity index is 2.14. The van der Waals surface area contributed by atoms with Crippen molar-refractivity contribution in [3.05, 3.63) is 60.7 Å². The van der Waals surface area contributed by atoms with Crippen molar-refractivity contribution in [1.29, 1.82) is 0 Å². The van der Waals surface area contributed by atoms with Crippen LogP contribution >= 0.6 is 39.2 Å². The molecule has 2 aromatic carbocycles. The van der Waals surface area contributed by atoms with Crippen LogP contribution in [0.4, 0.5) is 0 Å². The predicted octanol–water partition coefficient (Wildman–Crippen LogP) is 5.54. The average Bonchev–Trinajstić information content (AvgIpc) is 2.41. The molecule has 0 amide bonds. The van der Waals surface area contributed by atoms with Crippen molar-refractivity contribution in [3.63, 3.8) is 0 Å². The molecule has 2 aromatic rings. The molecule has 6 heteroatoms. The summed E-state index contributed by atoms with van der Waals surface area (Å²) in [7, 11) is 0.953. The highest BCUT2D eigenvalue weighted by molar-refractivity contribution is 9.08. The Hall–Kier alpha value is -0.480. The summed E-state index contributed by atoms with van der Waals surface area (Å²) in [6, 6.07) is 18.6. The molecule has 94 valence electrons. The minimum absolute atomic E-state index is 0.589. The number of thiol groups is 1. The largest absolute Gasteiger partial charge is 0.428 e. The monoisotopic (exact) mass is 314 g/mol. The maximum absolute atomic E-state index is 12.5. The van der Waals surface area contributed by atoms with E-state index in [0.717, 1.165) is 15.3 Å².